The molecule has 3 fully saturated rings. The van der Waals surface area contributed by atoms with Crippen LogP contribution in [0.2, 0.25) is 0 Å². The molecule has 0 saturated carbocycles. The molecule has 142 valence electrons. The first-order valence-electron chi connectivity index (χ1n) is 10.5. The molecular weight excluding hydrogens is 322 g/mol. The van der Waals surface area contributed by atoms with E-state index in [4.69, 9.17) is 0 Å². The number of fused-ring (bicyclic) bond motifs is 2. The van der Waals surface area contributed by atoms with E-state index in [0.29, 0.717) is 18.0 Å². The van der Waals surface area contributed by atoms with Crippen LogP contribution in [0.5, 0.6) is 0 Å². The van der Waals surface area contributed by atoms with Gasteiger partial charge in [-0.3, -0.25) is 9.69 Å². The van der Waals surface area contributed by atoms with Gasteiger partial charge < -0.3 is 10.2 Å². The molecule has 26 heavy (non-hydrogen) atoms. The molecule has 0 aliphatic carbocycles. The number of nitrogens with one attached hydrogen (secondary N) is 1. The fourth-order valence-electron chi connectivity index (χ4n) is 5.21. The van der Waals surface area contributed by atoms with Gasteiger partial charge >= 0.3 is 0 Å². The molecule has 4 rings (SSSR count). The van der Waals surface area contributed by atoms with Gasteiger partial charge in [0.15, 0.2) is 0 Å². The Morgan fingerprint density at radius 2 is 1.81 bits per heavy atom. The summed E-state index contributed by atoms with van der Waals surface area (Å²) in [5.74, 6) is 1.14. The standard InChI is InChI=1S/C22H33N3O/c1-17(22(26)25-20-7-8-21(25)16-23-12-9-20)24-13-10-19(11-14-24)15-18-5-3-2-4-6-18/h2-6,17,19-21,23H,7-16H2,1H3. The Hall–Kier alpha value is -1.39. The van der Waals surface area contributed by atoms with Gasteiger partial charge in [-0.25, -0.2) is 0 Å². The molecule has 1 amide bonds. The van der Waals surface area contributed by atoms with Crippen molar-refractivity contribution in [2.75, 3.05) is 26.2 Å². The van der Waals surface area contributed by atoms with Crippen molar-refractivity contribution in [3.05, 3.63) is 35.9 Å². The Kier molecular flexibility index (Phi) is 5.60. The molecule has 3 heterocycles. The zero-order valence-corrected chi connectivity index (χ0v) is 16.1. The van der Waals surface area contributed by atoms with Crippen LogP contribution in [-0.2, 0) is 11.2 Å². The summed E-state index contributed by atoms with van der Waals surface area (Å²) in [6.45, 7) is 6.30. The van der Waals surface area contributed by atoms with Crippen LogP contribution in [0.1, 0.15) is 44.6 Å². The van der Waals surface area contributed by atoms with Gasteiger partial charge in [0.05, 0.1) is 6.04 Å². The Bertz CT molecular complexity index is 583. The predicted octanol–water partition coefficient (Wildman–Crippen LogP) is 2.68. The molecule has 3 aliphatic rings. The van der Waals surface area contributed by atoms with Crippen molar-refractivity contribution in [1.82, 2.24) is 15.1 Å². The monoisotopic (exact) mass is 355 g/mol. The lowest BCUT2D eigenvalue weighted by Gasteiger charge is -2.39. The van der Waals surface area contributed by atoms with E-state index in [1.807, 2.05) is 0 Å². The van der Waals surface area contributed by atoms with E-state index in [9.17, 15) is 4.79 Å². The van der Waals surface area contributed by atoms with Gasteiger partial charge in [-0.1, -0.05) is 30.3 Å². The molecule has 2 bridgehead atoms. The Balaban J connectivity index is 1.32. The van der Waals surface area contributed by atoms with Crippen LogP contribution in [0, 0.1) is 5.92 Å². The Labute approximate surface area is 157 Å². The van der Waals surface area contributed by atoms with E-state index >= 15 is 0 Å². The molecule has 1 aromatic rings. The quantitative estimate of drug-likeness (QED) is 0.902. The summed E-state index contributed by atoms with van der Waals surface area (Å²) in [6.07, 6.45) is 7.09. The Morgan fingerprint density at radius 3 is 2.58 bits per heavy atom. The third kappa shape index (κ3) is 3.81. The number of rotatable bonds is 4. The minimum atomic E-state index is 0.0360. The number of hydrogen-bond donors (Lipinski definition) is 1. The molecule has 0 spiro atoms. The second kappa shape index (κ2) is 8.10. The predicted molar refractivity (Wildman–Crippen MR) is 105 cm³/mol. The van der Waals surface area contributed by atoms with Crippen LogP contribution < -0.4 is 5.32 Å². The first-order chi connectivity index (χ1) is 12.7. The molecule has 1 N–H and O–H groups in total. The normalized spacial score (nSPS) is 28.7. The summed E-state index contributed by atoms with van der Waals surface area (Å²) >= 11 is 0. The SMILES string of the molecule is CC(C(=O)N1C2CCNCC1CC2)N1CCC(Cc2ccccc2)CC1. The second-order valence-electron chi connectivity index (χ2n) is 8.47. The first kappa shape index (κ1) is 18.0. The van der Waals surface area contributed by atoms with E-state index in [0.717, 1.165) is 38.5 Å². The molecule has 4 nitrogen and oxygen atoms in total. The van der Waals surface area contributed by atoms with E-state index in [2.05, 4.69) is 52.4 Å². The van der Waals surface area contributed by atoms with Gasteiger partial charge in [-0.2, -0.15) is 0 Å². The van der Waals surface area contributed by atoms with Crippen molar-refractivity contribution in [3.63, 3.8) is 0 Å². The van der Waals surface area contributed by atoms with Gasteiger partial charge in [0.25, 0.3) is 0 Å². The summed E-state index contributed by atoms with van der Waals surface area (Å²) in [6, 6.07) is 11.8. The van der Waals surface area contributed by atoms with Crippen molar-refractivity contribution in [1.29, 1.82) is 0 Å². The summed E-state index contributed by atoms with van der Waals surface area (Å²) in [4.78, 5) is 17.9. The lowest BCUT2D eigenvalue weighted by Crippen LogP contribution is -2.53. The zero-order valence-electron chi connectivity index (χ0n) is 16.1. The molecular formula is C22H33N3O. The summed E-state index contributed by atoms with van der Waals surface area (Å²) in [5, 5.41) is 3.50. The second-order valence-corrected chi connectivity index (χ2v) is 8.47. The third-order valence-electron chi connectivity index (χ3n) is 6.83. The summed E-state index contributed by atoms with van der Waals surface area (Å²) in [7, 11) is 0. The molecule has 1 aromatic carbocycles. The number of hydrogen-bond acceptors (Lipinski definition) is 3. The van der Waals surface area contributed by atoms with E-state index in [1.165, 1.54) is 37.7 Å². The maximum atomic E-state index is 13.2. The van der Waals surface area contributed by atoms with Crippen molar-refractivity contribution in [2.24, 2.45) is 5.92 Å². The number of likely N-dealkylation sites (tertiary alicyclic amines) is 1. The van der Waals surface area contributed by atoms with Gasteiger partial charge in [0.1, 0.15) is 0 Å². The number of amides is 1. The van der Waals surface area contributed by atoms with Gasteiger partial charge in [0, 0.05) is 18.6 Å². The smallest absolute Gasteiger partial charge is 0.240 e. The van der Waals surface area contributed by atoms with Crippen molar-refractivity contribution < 1.29 is 4.79 Å². The van der Waals surface area contributed by atoms with Crippen LogP contribution in [0.15, 0.2) is 30.3 Å². The highest BCUT2D eigenvalue weighted by molar-refractivity contribution is 5.82. The average Bonchev–Trinajstić information content (AvgIpc) is 2.94. The largest absolute Gasteiger partial charge is 0.334 e. The van der Waals surface area contributed by atoms with E-state index in [-0.39, 0.29) is 6.04 Å². The number of nitrogens with zero attached hydrogens (tertiary/aromatic N) is 2. The van der Waals surface area contributed by atoms with Gasteiger partial charge in [0.2, 0.25) is 5.91 Å². The van der Waals surface area contributed by atoms with Crippen molar-refractivity contribution >= 4 is 5.91 Å². The average molecular weight is 356 g/mol. The molecule has 0 radical (unpaired) electrons. The highest BCUT2D eigenvalue weighted by atomic mass is 16.2. The van der Waals surface area contributed by atoms with Crippen molar-refractivity contribution in [2.45, 2.75) is 63.6 Å². The maximum absolute atomic E-state index is 13.2. The maximum Gasteiger partial charge on any atom is 0.240 e. The first-order valence-corrected chi connectivity index (χ1v) is 10.5. The number of carbonyl (C=O) groups is 1. The van der Waals surface area contributed by atoms with Crippen LogP contribution in [0.3, 0.4) is 0 Å². The third-order valence-corrected chi connectivity index (χ3v) is 6.83. The molecule has 4 heteroatoms. The van der Waals surface area contributed by atoms with Crippen LogP contribution in [0.25, 0.3) is 0 Å². The van der Waals surface area contributed by atoms with Gasteiger partial charge in [-0.05, 0) is 76.6 Å². The van der Waals surface area contributed by atoms with Crippen LogP contribution >= 0.6 is 0 Å². The summed E-state index contributed by atoms with van der Waals surface area (Å²) in [5.41, 5.74) is 1.45. The minimum absolute atomic E-state index is 0.0360. The molecule has 3 saturated heterocycles. The van der Waals surface area contributed by atoms with E-state index in [1.54, 1.807) is 0 Å². The zero-order chi connectivity index (χ0) is 17.9. The Morgan fingerprint density at radius 1 is 1.08 bits per heavy atom. The van der Waals surface area contributed by atoms with Crippen molar-refractivity contribution in [3.8, 4) is 0 Å². The van der Waals surface area contributed by atoms with Crippen LogP contribution in [0.4, 0.5) is 0 Å². The topological polar surface area (TPSA) is 35.6 Å². The molecule has 0 aromatic heterocycles. The fraction of sp³-hybridized carbons (Fsp3) is 0.682. The summed E-state index contributed by atoms with van der Waals surface area (Å²) < 4.78 is 0. The lowest BCUT2D eigenvalue weighted by molar-refractivity contribution is -0.139. The highest BCUT2D eigenvalue weighted by Gasteiger charge is 2.41. The fourth-order valence-corrected chi connectivity index (χ4v) is 5.21. The van der Waals surface area contributed by atoms with E-state index < -0.39 is 0 Å². The lowest BCUT2D eigenvalue weighted by atomic mass is 9.89. The van der Waals surface area contributed by atoms with Crippen LogP contribution in [-0.4, -0.2) is 60.0 Å². The molecule has 3 aliphatic heterocycles. The molecule has 3 atom stereocenters. The number of carbonyl (C=O) groups excluding carboxylic acids is 1. The number of piperidine rings is 1. The minimum Gasteiger partial charge on any atom is -0.334 e. The number of benzene rings is 1. The molecule has 3 unspecified atom stereocenters. The highest BCUT2D eigenvalue weighted by Crippen LogP contribution is 2.30. The van der Waals surface area contributed by atoms with Gasteiger partial charge in [-0.15, -0.1) is 0 Å².